The van der Waals surface area contributed by atoms with Crippen LogP contribution < -0.4 is 5.32 Å². The van der Waals surface area contributed by atoms with Gasteiger partial charge >= 0.3 is 0 Å². The maximum absolute atomic E-state index is 13.5. The Labute approximate surface area is 171 Å². The number of H-pyrrole nitrogens is 1. The smallest absolute Gasteiger partial charge is 0.241 e. The van der Waals surface area contributed by atoms with E-state index in [0.29, 0.717) is 25.2 Å². The van der Waals surface area contributed by atoms with Gasteiger partial charge in [0.25, 0.3) is 0 Å². The van der Waals surface area contributed by atoms with Crippen molar-refractivity contribution in [3.05, 3.63) is 82.9 Å². The molecule has 1 aliphatic carbocycles. The van der Waals surface area contributed by atoms with Crippen LogP contribution in [-0.4, -0.2) is 45.1 Å². The number of hydrogen-bond acceptors (Lipinski definition) is 4. The molecule has 1 aromatic heterocycles. The number of amides is 1. The van der Waals surface area contributed by atoms with Crippen LogP contribution in [0.15, 0.2) is 54.6 Å². The zero-order valence-corrected chi connectivity index (χ0v) is 17.0. The van der Waals surface area contributed by atoms with Crippen LogP contribution in [-0.2, 0) is 30.6 Å². The summed E-state index contributed by atoms with van der Waals surface area (Å²) in [6.07, 6.45) is 2.34. The van der Waals surface area contributed by atoms with Gasteiger partial charge in [0, 0.05) is 19.4 Å². The van der Waals surface area contributed by atoms with E-state index >= 15 is 0 Å². The summed E-state index contributed by atoms with van der Waals surface area (Å²) >= 11 is 0. The van der Waals surface area contributed by atoms with Crippen molar-refractivity contribution in [1.82, 2.24) is 25.4 Å². The number of hydrogen-bond donors (Lipinski definition) is 2. The largest absolute Gasteiger partial charge is 0.347 e. The number of rotatable bonds is 7. The van der Waals surface area contributed by atoms with Crippen molar-refractivity contribution < 1.29 is 4.79 Å². The number of nitrogens with zero attached hydrogens (tertiary/aromatic N) is 3. The standard InChI is InChI=1S/C23H27N5O/c1-17-25-21(27-26-17)16-24-22(29)23(14-19-10-6-7-11-20(19)15-23)28(2)13-12-18-8-4-3-5-9-18/h3-11H,12-16H2,1-2H3,(H,24,29)(H,25,26,27). The molecule has 29 heavy (non-hydrogen) atoms. The minimum atomic E-state index is -0.593. The Kier molecular flexibility index (Phi) is 5.45. The molecule has 4 rings (SSSR count). The van der Waals surface area contributed by atoms with Gasteiger partial charge in [0.2, 0.25) is 5.91 Å². The summed E-state index contributed by atoms with van der Waals surface area (Å²) in [6.45, 7) is 2.99. The predicted octanol–water partition coefficient (Wildman–Crippen LogP) is 2.44. The molecule has 2 N–H and O–H groups in total. The highest BCUT2D eigenvalue weighted by Gasteiger charge is 2.46. The fraction of sp³-hybridized carbons (Fsp3) is 0.348. The Morgan fingerprint density at radius 2 is 1.76 bits per heavy atom. The second-order valence-corrected chi connectivity index (χ2v) is 7.83. The summed E-state index contributed by atoms with van der Waals surface area (Å²) in [5, 5.41) is 10.0. The fourth-order valence-corrected chi connectivity index (χ4v) is 4.15. The number of aryl methyl sites for hydroxylation is 1. The first-order valence-corrected chi connectivity index (χ1v) is 10.0. The van der Waals surface area contributed by atoms with Crippen LogP contribution in [0.5, 0.6) is 0 Å². The number of carbonyl (C=O) groups excluding carboxylic acids is 1. The first-order valence-electron chi connectivity index (χ1n) is 10.0. The monoisotopic (exact) mass is 389 g/mol. The van der Waals surface area contributed by atoms with Gasteiger partial charge in [-0.15, -0.1) is 0 Å². The summed E-state index contributed by atoms with van der Waals surface area (Å²) in [4.78, 5) is 20.0. The molecule has 0 fully saturated rings. The summed E-state index contributed by atoms with van der Waals surface area (Å²) in [5.74, 6) is 1.39. The average molecular weight is 390 g/mol. The maximum Gasteiger partial charge on any atom is 0.241 e. The van der Waals surface area contributed by atoms with Gasteiger partial charge in [0.15, 0.2) is 5.82 Å². The van der Waals surface area contributed by atoms with E-state index < -0.39 is 5.54 Å². The van der Waals surface area contributed by atoms with E-state index in [0.717, 1.165) is 18.8 Å². The van der Waals surface area contributed by atoms with Gasteiger partial charge in [-0.2, -0.15) is 5.10 Å². The third-order valence-electron chi connectivity index (χ3n) is 5.87. The first-order chi connectivity index (χ1) is 14.1. The number of aromatic amines is 1. The zero-order chi connectivity index (χ0) is 20.3. The second-order valence-electron chi connectivity index (χ2n) is 7.83. The lowest BCUT2D eigenvalue weighted by Crippen LogP contribution is -2.58. The highest BCUT2D eigenvalue weighted by atomic mass is 16.2. The Morgan fingerprint density at radius 1 is 1.10 bits per heavy atom. The van der Waals surface area contributed by atoms with Gasteiger partial charge in [-0.05, 0) is 37.1 Å². The van der Waals surface area contributed by atoms with Crippen LogP contribution in [0.25, 0.3) is 0 Å². The molecule has 0 saturated carbocycles. The minimum absolute atomic E-state index is 0.0340. The van der Waals surface area contributed by atoms with Crippen molar-refractivity contribution in [2.45, 2.75) is 38.3 Å². The lowest BCUT2D eigenvalue weighted by atomic mass is 9.91. The number of nitrogens with one attached hydrogen (secondary N) is 2. The molecule has 2 aromatic carbocycles. The van der Waals surface area contributed by atoms with Gasteiger partial charge in [-0.1, -0.05) is 54.6 Å². The van der Waals surface area contributed by atoms with Crippen LogP contribution in [0.2, 0.25) is 0 Å². The van der Waals surface area contributed by atoms with Gasteiger partial charge in [0.1, 0.15) is 11.4 Å². The normalized spacial score (nSPS) is 14.7. The van der Waals surface area contributed by atoms with Crippen molar-refractivity contribution in [2.75, 3.05) is 13.6 Å². The molecule has 3 aromatic rings. The molecule has 6 heteroatoms. The van der Waals surface area contributed by atoms with Crippen molar-refractivity contribution in [3.63, 3.8) is 0 Å². The van der Waals surface area contributed by atoms with E-state index in [1.807, 2.05) is 25.1 Å². The van der Waals surface area contributed by atoms with Gasteiger partial charge in [-0.25, -0.2) is 4.98 Å². The van der Waals surface area contributed by atoms with Crippen molar-refractivity contribution in [1.29, 1.82) is 0 Å². The molecule has 0 unspecified atom stereocenters. The van der Waals surface area contributed by atoms with E-state index in [2.05, 4.69) is 68.8 Å². The Hall–Kier alpha value is -2.99. The molecule has 1 heterocycles. The third kappa shape index (κ3) is 4.07. The van der Waals surface area contributed by atoms with E-state index in [9.17, 15) is 4.79 Å². The topological polar surface area (TPSA) is 73.9 Å². The summed E-state index contributed by atoms with van der Waals surface area (Å²) in [5.41, 5.74) is 3.19. The van der Waals surface area contributed by atoms with Crippen molar-refractivity contribution in [2.24, 2.45) is 0 Å². The number of benzene rings is 2. The number of carbonyl (C=O) groups is 1. The first kappa shape index (κ1) is 19.3. The molecule has 0 atom stereocenters. The highest BCUT2D eigenvalue weighted by molar-refractivity contribution is 5.88. The molecule has 0 aliphatic heterocycles. The molecule has 150 valence electrons. The van der Waals surface area contributed by atoms with Crippen LogP contribution >= 0.6 is 0 Å². The number of fused-ring (bicyclic) bond motifs is 1. The lowest BCUT2D eigenvalue weighted by molar-refractivity contribution is -0.132. The molecule has 1 amide bonds. The molecule has 0 bridgehead atoms. The Bertz CT molecular complexity index is 957. The Morgan fingerprint density at radius 3 is 2.38 bits per heavy atom. The summed E-state index contributed by atoms with van der Waals surface area (Å²) in [7, 11) is 2.06. The molecular weight excluding hydrogens is 362 g/mol. The quantitative estimate of drug-likeness (QED) is 0.651. The summed E-state index contributed by atoms with van der Waals surface area (Å²) in [6, 6.07) is 18.8. The fourth-order valence-electron chi connectivity index (χ4n) is 4.15. The van der Waals surface area contributed by atoms with Gasteiger partial charge in [0.05, 0.1) is 6.54 Å². The van der Waals surface area contributed by atoms with Crippen LogP contribution in [0.3, 0.4) is 0 Å². The van der Waals surface area contributed by atoms with Gasteiger partial charge < -0.3 is 5.32 Å². The van der Waals surface area contributed by atoms with E-state index in [-0.39, 0.29) is 5.91 Å². The third-order valence-corrected chi connectivity index (χ3v) is 5.87. The number of aromatic nitrogens is 3. The van der Waals surface area contributed by atoms with Crippen LogP contribution in [0, 0.1) is 6.92 Å². The van der Waals surface area contributed by atoms with E-state index in [4.69, 9.17) is 0 Å². The zero-order valence-electron chi connectivity index (χ0n) is 17.0. The number of likely N-dealkylation sites (N-methyl/N-ethyl adjacent to an activating group) is 1. The maximum atomic E-state index is 13.5. The van der Waals surface area contributed by atoms with Crippen molar-refractivity contribution in [3.8, 4) is 0 Å². The minimum Gasteiger partial charge on any atom is -0.347 e. The highest BCUT2D eigenvalue weighted by Crippen LogP contribution is 2.34. The van der Waals surface area contributed by atoms with Crippen molar-refractivity contribution >= 4 is 5.91 Å². The molecule has 1 aliphatic rings. The predicted molar refractivity (Wildman–Crippen MR) is 112 cm³/mol. The summed E-state index contributed by atoms with van der Waals surface area (Å²) < 4.78 is 0. The average Bonchev–Trinajstić information content (AvgIpc) is 3.35. The molecule has 0 spiro atoms. The van der Waals surface area contributed by atoms with E-state index in [1.165, 1.54) is 16.7 Å². The molecule has 0 saturated heterocycles. The SMILES string of the molecule is Cc1nc(CNC(=O)C2(N(C)CCc3ccccc3)Cc3ccccc3C2)n[nH]1. The van der Waals surface area contributed by atoms with Gasteiger partial charge in [-0.3, -0.25) is 14.8 Å². The molecule has 0 radical (unpaired) electrons. The second kappa shape index (κ2) is 8.17. The van der Waals surface area contributed by atoms with E-state index in [1.54, 1.807) is 0 Å². The Balaban J connectivity index is 1.52. The van der Waals surface area contributed by atoms with Crippen LogP contribution in [0.1, 0.15) is 28.3 Å². The lowest BCUT2D eigenvalue weighted by Gasteiger charge is -2.37. The van der Waals surface area contributed by atoms with Crippen LogP contribution in [0.4, 0.5) is 0 Å². The molecular formula is C23H27N5O. The molecule has 6 nitrogen and oxygen atoms in total.